The molecule has 0 fully saturated rings. The topological polar surface area (TPSA) is 99.8 Å². The van der Waals surface area contributed by atoms with E-state index >= 15 is 0 Å². The molecule has 3 N–H and O–H groups in total. The average molecular weight is 349 g/mol. The second-order valence-electron chi connectivity index (χ2n) is 5.43. The van der Waals surface area contributed by atoms with Gasteiger partial charge in [0.05, 0.1) is 0 Å². The molecular weight excluding hydrogens is 334 g/mol. The fourth-order valence-electron chi connectivity index (χ4n) is 2.29. The van der Waals surface area contributed by atoms with Crippen molar-refractivity contribution in [2.24, 2.45) is 0 Å². The Hall–Kier alpha value is -3.80. The van der Waals surface area contributed by atoms with Crippen LogP contribution in [0.2, 0.25) is 0 Å². The second kappa shape index (κ2) is 7.40. The molecule has 3 aromatic rings. The molecule has 2 aromatic carbocycles. The van der Waals surface area contributed by atoms with Crippen molar-refractivity contribution < 1.29 is 24.2 Å². The maximum Gasteiger partial charge on any atom is 0.352 e. The van der Waals surface area contributed by atoms with Crippen molar-refractivity contribution >= 4 is 18.0 Å². The van der Waals surface area contributed by atoms with Crippen LogP contribution in [-0.2, 0) is 4.79 Å². The standard InChI is InChI=1S/C20H15NO5/c22-15-8-6-14(7-9-15)19(23)21-17(20(24)25)12-16-10-11-18(26-16)13-4-2-1-3-5-13/h1-12,22H,(H,21,23)(H,24,25)/b17-12+. The van der Waals surface area contributed by atoms with E-state index in [0.717, 1.165) is 5.56 Å². The first-order valence-electron chi connectivity index (χ1n) is 7.73. The number of phenols is 1. The predicted octanol–water partition coefficient (Wildman–Crippen LogP) is 3.51. The number of carboxylic acid groups (broad SMARTS) is 1. The van der Waals surface area contributed by atoms with Gasteiger partial charge in [0, 0.05) is 17.2 Å². The maximum atomic E-state index is 12.2. The molecule has 0 bridgehead atoms. The molecule has 1 amide bonds. The highest BCUT2D eigenvalue weighted by atomic mass is 16.4. The fraction of sp³-hybridized carbons (Fsp3) is 0. The zero-order valence-electron chi connectivity index (χ0n) is 13.5. The molecule has 26 heavy (non-hydrogen) atoms. The Bertz CT molecular complexity index is 955. The molecule has 0 aliphatic heterocycles. The minimum absolute atomic E-state index is 0.0135. The van der Waals surface area contributed by atoms with Crippen LogP contribution in [-0.4, -0.2) is 22.1 Å². The van der Waals surface area contributed by atoms with Crippen LogP contribution in [0.15, 0.2) is 76.8 Å². The van der Waals surface area contributed by atoms with Crippen molar-refractivity contribution in [1.29, 1.82) is 0 Å². The van der Waals surface area contributed by atoms with Crippen LogP contribution < -0.4 is 5.32 Å². The van der Waals surface area contributed by atoms with Gasteiger partial charge in [0.25, 0.3) is 5.91 Å². The molecule has 0 aliphatic carbocycles. The highest BCUT2D eigenvalue weighted by molar-refractivity contribution is 6.02. The third-order valence-electron chi connectivity index (χ3n) is 3.58. The number of aromatic hydroxyl groups is 1. The van der Waals surface area contributed by atoms with Crippen LogP contribution in [0.4, 0.5) is 0 Å². The fourth-order valence-corrected chi connectivity index (χ4v) is 2.29. The molecule has 0 unspecified atom stereocenters. The molecule has 0 saturated heterocycles. The molecule has 1 heterocycles. The van der Waals surface area contributed by atoms with Gasteiger partial charge in [-0.15, -0.1) is 0 Å². The Morgan fingerprint density at radius 2 is 1.62 bits per heavy atom. The molecule has 130 valence electrons. The van der Waals surface area contributed by atoms with Gasteiger partial charge < -0.3 is 19.9 Å². The summed E-state index contributed by atoms with van der Waals surface area (Å²) in [4.78, 5) is 23.6. The van der Waals surface area contributed by atoms with Gasteiger partial charge >= 0.3 is 5.97 Å². The molecule has 0 aliphatic rings. The Kier molecular flexibility index (Phi) is 4.85. The van der Waals surface area contributed by atoms with Gasteiger partial charge in [0.2, 0.25) is 0 Å². The molecule has 0 atom stereocenters. The molecule has 6 nitrogen and oxygen atoms in total. The summed E-state index contributed by atoms with van der Waals surface area (Å²) in [5, 5.41) is 20.9. The van der Waals surface area contributed by atoms with Gasteiger partial charge in [-0.05, 0) is 36.4 Å². The maximum absolute atomic E-state index is 12.2. The average Bonchev–Trinajstić information content (AvgIpc) is 3.11. The molecule has 0 radical (unpaired) electrons. The highest BCUT2D eigenvalue weighted by Gasteiger charge is 2.14. The van der Waals surface area contributed by atoms with Crippen molar-refractivity contribution in [1.82, 2.24) is 5.32 Å². The van der Waals surface area contributed by atoms with Crippen LogP contribution in [0.3, 0.4) is 0 Å². The summed E-state index contributed by atoms with van der Waals surface area (Å²) in [6, 6.07) is 18.2. The Balaban J connectivity index is 1.82. The summed E-state index contributed by atoms with van der Waals surface area (Å²) in [6.07, 6.45) is 1.24. The van der Waals surface area contributed by atoms with Crippen molar-refractivity contribution in [3.63, 3.8) is 0 Å². The van der Waals surface area contributed by atoms with Crippen LogP contribution in [0.5, 0.6) is 5.75 Å². The number of carboxylic acids is 1. The number of carbonyl (C=O) groups excluding carboxylic acids is 1. The zero-order valence-corrected chi connectivity index (χ0v) is 13.5. The number of hydrogen-bond acceptors (Lipinski definition) is 4. The van der Waals surface area contributed by atoms with E-state index in [1.807, 2.05) is 30.3 Å². The van der Waals surface area contributed by atoms with Gasteiger partial charge in [-0.1, -0.05) is 30.3 Å². The highest BCUT2D eigenvalue weighted by Crippen LogP contribution is 2.23. The van der Waals surface area contributed by atoms with Crippen LogP contribution in [0.1, 0.15) is 16.1 Å². The number of nitrogens with one attached hydrogen (secondary N) is 1. The van der Waals surface area contributed by atoms with Crippen molar-refractivity contribution in [2.75, 3.05) is 0 Å². The van der Waals surface area contributed by atoms with E-state index < -0.39 is 11.9 Å². The first-order chi connectivity index (χ1) is 12.5. The van der Waals surface area contributed by atoms with E-state index in [4.69, 9.17) is 4.42 Å². The molecular formula is C20H15NO5. The minimum atomic E-state index is -1.30. The molecule has 0 saturated carbocycles. The lowest BCUT2D eigenvalue weighted by molar-refractivity contribution is -0.132. The number of amides is 1. The van der Waals surface area contributed by atoms with Crippen molar-refractivity contribution in [2.45, 2.75) is 0 Å². The van der Waals surface area contributed by atoms with E-state index in [2.05, 4.69) is 5.32 Å². The Morgan fingerprint density at radius 3 is 2.27 bits per heavy atom. The second-order valence-corrected chi connectivity index (χ2v) is 5.43. The third kappa shape index (κ3) is 3.99. The lowest BCUT2D eigenvalue weighted by Gasteiger charge is -2.05. The van der Waals surface area contributed by atoms with Gasteiger partial charge in [-0.3, -0.25) is 4.79 Å². The zero-order chi connectivity index (χ0) is 18.5. The van der Waals surface area contributed by atoms with Crippen LogP contribution >= 0.6 is 0 Å². The summed E-state index contributed by atoms with van der Waals surface area (Å²) < 4.78 is 5.63. The van der Waals surface area contributed by atoms with Crippen LogP contribution in [0, 0.1) is 0 Å². The SMILES string of the molecule is O=C(O)/C(=C\c1ccc(-c2ccccc2)o1)NC(=O)c1ccc(O)cc1. The number of aliphatic carboxylic acids is 1. The smallest absolute Gasteiger partial charge is 0.352 e. The van der Waals surface area contributed by atoms with Gasteiger partial charge in [-0.2, -0.15) is 0 Å². The van der Waals surface area contributed by atoms with E-state index in [-0.39, 0.29) is 17.0 Å². The first kappa shape index (κ1) is 17.0. The predicted molar refractivity (Wildman–Crippen MR) is 95.3 cm³/mol. The lowest BCUT2D eigenvalue weighted by atomic mass is 10.2. The van der Waals surface area contributed by atoms with E-state index in [0.29, 0.717) is 11.5 Å². The number of furan rings is 1. The van der Waals surface area contributed by atoms with Gasteiger partial charge in [0.15, 0.2) is 0 Å². The molecule has 6 heteroatoms. The van der Waals surface area contributed by atoms with E-state index in [1.165, 1.54) is 30.3 Å². The summed E-state index contributed by atoms with van der Waals surface area (Å²) in [6.45, 7) is 0. The number of carbonyl (C=O) groups is 2. The first-order valence-corrected chi connectivity index (χ1v) is 7.73. The molecule has 3 rings (SSSR count). The normalized spacial score (nSPS) is 11.2. The summed E-state index contributed by atoms with van der Waals surface area (Å²) in [5.74, 6) is -0.999. The number of phenolic OH excluding ortho intramolecular Hbond substituents is 1. The summed E-state index contributed by atoms with van der Waals surface area (Å²) in [5.41, 5.74) is 0.758. The van der Waals surface area contributed by atoms with Crippen LogP contribution in [0.25, 0.3) is 17.4 Å². The largest absolute Gasteiger partial charge is 0.508 e. The van der Waals surface area contributed by atoms with Gasteiger partial charge in [0.1, 0.15) is 23.0 Å². The summed E-state index contributed by atoms with van der Waals surface area (Å²) >= 11 is 0. The number of rotatable bonds is 5. The van der Waals surface area contributed by atoms with E-state index in [9.17, 15) is 19.8 Å². The quantitative estimate of drug-likeness (QED) is 0.612. The van der Waals surface area contributed by atoms with Crippen molar-refractivity contribution in [3.05, 3.63) is 83.8 Å². The lowest BCUT2D eigenvalue weighted by Crippen LogP contribution is -2.27. The molecule has 0 spiro atoms. The number of hydrogen-bond donors (Lipinski definition) is 3. The van der Waals surface area contributed by atoms with E-state index in [1.54, 1.807) is 12.1 Å². The number of benzene rings is 2. The monoisotopic (exact) mass is 349 g/mol. The molecule has 1 aromatic heterocycles. The third-order valence-corrected chi connectivity index (χ3v) is 3.58. The Labute approximate surface area is 149 Å². The summed E-state index contributed by atoms with van der Waals surface area (Å²) in [7, 11) is 0. The van der Waals surface area contributed by atoms with Gasteiger partial charge in [-0.25, -0.2) is 4.79 Å². The minimum Gasteiger partial charge on any atom is -0.508 e. The Morgan fingerprint density at radius 1 is 0.923 bits per heavy atom. The van der Waals surface area contributed by atoms with Crippen molar-refractivity contribution in [3.8, 4) is 17.1 Å².